The number of hydrogen-bond acceptors (Lipinski definition) is 4. The first-order valence-corrected chi connectivity index (χ1v) is 8.41. The molecule has 1 amide bonds. The minimum atomic E-state index is -0.389. The fourth-order valence-corrected chi connectivity index (χ4v) is 2.38. The Morgan fingerprint density at radius 1 is 1.12 bits per heavy atom. The van der Waals surface area contributed by atoms with Crippen LogP contribution in [0.15, 0.2) is 36.4 Å². The maximum Gasteiger partial charge on any atom is 0.407 e. The third-order valence-corrected chi connectivity index (χ3v) is 3.50. The number of nitrogens with zero attached hydrogens (tertiary/aromatic N) is 1. The zero-order valence-corrected chi connectivity index (χ0v) is 15.6. The van der Waals surface area contributed by atoms with Gasteiger partial charge in [0.05, 0.1) is 5.69 Å². The summed E-state index contributed by atoms with van der Waals surface area (Å²) in [5, 5.41) is 2.36. The summed E-state index contributed by atoms with van der Waals surface area (Å²) in [6, 6.07) is 12.2. The van der Waals surface area contributed by atoms with Crippen molar-refractivity contribution in [2.24, 2.45) is 0 Å². The molecule has 5 nitrogen and oxygen atoms in total. The van der Waals surface area contributed by atoms with Crippen molar-refractivity contribution >= 4 is 6.09 Å². The Balaban J connectivity index is 0.000000217. The molecule has 0 bridgehead atoms. The van der Waals surface area contributed by atoms with Gasteiger partial charge < -0.3 is 14.8 Å². The third-order valence-electron chi connectivity index (χ3n) is 3.50. The summed E-state index contributed by atoms with van der Waals surface area (Å²) < 4.78 is 10.7. The molecule has 25 heavy (non-hydrogen) atoms. The van der Waals surface area contributed by atoms with Gasteiger partial charge in [0.1, 0.15) is 17.1 Å². The van der Waals surface area contributed by atoms with E-state index in [0.717, 1.165) is 35.7 Å². The molecule has 0 unspecified atom stereocenters. The van der Waals surface area contributed by atoms with Gasteiger partial charge in [-0.3, -0.25) is 4.98 Å². The van der Waals surface area contributed by atoms with Crippen LogP contribution < -0.4 is 10.1 Å². The lowest BCUT2D eigenvalue weighted by molar-refractivity contribution is 0.0541. The number of carbonyl (C=O) groups is 1. The van der Waals surface area contributed by atoms with Crippen molar-refractivity contribution < 1.29 is 14.3 Å². The fourth-order valence-electron chi connectivity index (χ4n) is 2.38. The predicted molar refractivity (Wildman–Crippen MR) is 98.2 cm³/mol. The number of nitrogens with one attached hydrogen (secondary N) is 1. The number of amides is 1. The van der Waals surface area contributed by atoms with Gasteiger partial charge in [-0.05, 0) is 64.3 Å². The van der Waals surface area contributed by atoms with Crippen LogP contribution in [0, 0.1) is 6.92 Å². The summed E-state index contributed by atoms with van der Waals surface area (Å²) in [5.41, 5.74) is 2.99. The van der Waals surface area contributed by atoms with Crippen LogP contribution in [0.2, 0.25) is 0 Å². The van der Waals surface area contributed by atoms with Gasteiger partial charge in [0.15, 0.2) is 0 Å². The van der Waals surface area contributed by atoms with Crippen LogP contribution in [0.25, 0.3) is 0 Å². The molecule has 134 valence electrons. The first-order chi connectivity index (χ1) is 11.8. The van der Waals surface area contributed by atoms with E-state index in [9.17, 15) is 4.79 Å². The standard InChI is InChI=1S/C14H13NO.C6H13NO2/c1-10-6-9-14-12(15-10)8-7-11-4-2-3-5-13(11)16-14;1-6(2,3)9-5(8)7-4/h2-6,9H,7-8H2,1H3;1-4H3,(H,7,8). The van der Waals surface area contributed by atoms with E-state index >= 15 is 0 Å². The number of aromatic nitrogens is 1. The van der Waals surface area contributed by atoms with Crippen LogP contribution in [0.3, 0.4) is 0 Å². The van der Waals surface area contributed by atoms with E-state index in [2.05, 4.69) is 22.4 Å². The first kappa shape index (κ1) is 18.8. The fraction of sp³-hybridized carbons (Fsp3) is 0.400. The zero-order chi connectivity index (χ0) is 18.4. The van der Waals surface area contributed by atoms with Crippen molar-refractivity contribution in [3.63, 3.8) is 0 Å². The molecule has 1 aromatic carbocycles. The monoisotopic (exact) mass is 342 g/mol. The Kier molecular flexibility index (Phi) is 6.02. The second kappa shape index (κ2) is 8.01. The van der Waals surface area contributed by atoms with Gasteiger partial charge in [-0.15, -0.1) is 0 Å². The van der Waals surface area contributed by atoms with Crippen LogP contribution in [0.4, 0.5) is 4.79 Å². The van der Waals surface area contributed by atoms with Crippen molar-refractivity contribution in [2.45, 2.75) is 46.1 Å². The van der Waals surface area contributed by atoms with Crippen molar-refractivity contribution in [3.05, 3.63) is 53.3 Å². The second-order valence-electron chi connectivity index (χ2n) is 6.86. The molecule has 1 aliphatic heterocycles. The number of carbonyl (C=O) groups excluding carboxylic acids is 1. The average molecular weight is 342 g/mol. The number of fused-ring (bicyclic) bond motifs is 2. The Morgan fingerprint density at radius 2 is 1.84 bits per heavy atom. The topological polar surface area (TPSA) is 60.5 Å². The lowest BCUT2D eigenvalue weighted by Crippen LogP contribution is -2.30. The minimum Gasteiger partial charge on any atom is -0.455 e. The van der Waals surface area contributed by atoms with Gasteiger partial charge in [-0.2, -0.15) is 0 Å². The van der Waals surface area contributed by atoms with E-state index in [1.165, 1.54) is 12.6 Å². The van der Waals surface area contributed by atoms with E-state index < -0.39 is 0 Å². The first-order valence-electron chi connectivity index (χ1n) is 8.41. The molecule has 0 radical (unpaired) electrons. The summed E-state index contributed by atoms with van der Waals surface area (Å²) in [6.45, 7) is 7.48. The van der Waals surface area contributed by atoms with E-state index in [4.69, 9.17) is 9.47 Å². The lowest BCUT2D eigenvalue weighted by atomic mass is 10.1. The lowest BCUT2D eigenvalue weighted by Gasteiger charge is -2.18. The molecule has 0 atom stereocenters. The molecule has 0 spiro atoms. The number of benzene rings is 1. The average Bonchev–Trinajstić information content (AvgIpc) is 2.73. The normalized spacial score (nSPS) is 12.4. The summed E-state index contributed by atoms with van der Waals surface area (Å²) >= 11 is 0. The summed E-state index contributed by atoms with van der Waals surface area (Å²) in [6.07, 6.45) is 1.57. The van der Waals surface area contributed by atoms with Gasteiger partial charge >= 0.3 is 6.09 Å². The molecule has 5 heteroatoms. The van der Waals surface area contributed by atoms with Crippen LogP contribution in [-0.4, -0.2) is 23.7 Å². The molecule has 0 fully saturated rings. The van der Waals surface area contributed by atoms with E-state index in [1.807, 2.05) is 52.0 Å². The van der Waals surface area contributed by atoms with Crippen LogP contribution in [-0.2, 0) is 17.6 Å². The van der Waals surface area contributed by atoms with Crippen molar-refractivity contribution in [1.29, 1.82) is 0 Å². The second-order valence-corrected chi connectivity index (χ2v) is 6.86. The highest BCUT2D eigenvalue weighted by atomic mass is 16.6. The van der Waals surface area contributed by atoms with Crippen LogP contribution in [0.5, 0.6) is 11.5 Å². The van der Waals surface area contributed by atoms with Crippen LogP contribution in [0.1, 0.15) is 37.7 Å². The quantitative estimate of drug-likeness (QED) is 0.770. The molecule has 2 heterocycles. The van der Waals surface area contributed by atoms with Gasteiger partial charge in [0.25, 0.3) is 0 Å². The SMILES string of the molecule is CNC(=O)OC(C)(C)C.Cc1ccc2c(n1)CCc1ccccc1O2. The molecule has 1 N–H and O–H groups in total. The van der Waals surface area contributed by atoms with Gasteiger partial charge in [-0.1, -0.05) is 18.2 Å². The Morgan fingerprint density at radius 3 is 2.48 bits per heavy atom. The summed E-state index contributed by atoms with van der Waals surface area (Å²) in [5.74, 6) is 1.86. The third kappa shape index (κ3) is 5.78. The number of pyridine rings is 1. The smallest absolute Gasteiger partial charge is 0.407 e. The number of para-hydroxylation sites is 1. The highest BCUT2D eigenvalue weighted by molar-refractivity contribution is 5.67. The molecule has 3 rings (SSSR count). The van der Waals surface area contributed by atoms with E-state index in [-0.39, 0.29) is 11.7 Å². The summed E-state index contributed by atoms with van der Waals surface area (Å²) in [4.78, 5) is 15.0. The van der Waals surface area contributed by atoms with E-state index in [1.54, 1.807) is 0 Å². The number of alkyl carbamates (subject to hydrolysis) is 1. The summed E-state index contributed by atoms with van der Waals surface area (Å²) in [7, 11) is 1.54. The van der Waals surface area contributed by atoms with Crippen molar-refractivity contribution in [3.8, 4) is 11.5 Å². The molecule has 0 saturated carbocycles. The Labute approximate surface area is 149 Å². The Bertz CT molecular complexity index is 736. The van der Waals surface area contributed by atoms with Gasteiger partial charge in [-0.25, -0.2) is 4.79 Å². The number of hydrogen-bond donors (Lipinski definition) is 1. The molecule has 1 aromatic heterocycles. The highest BCUT2D eigenvalue weighted by Crippen LogP contribution is 2.32. The minimum absolute atomic E-state index is 0.387. The molecule has 0 aliphatic carbocycles. The molecular weight excluding hydrogens is 316 g/mol. The Hall–Kier alpha value is -2.56. The molecule has 2 aromatic rings. The maximum atomic E-state index is 10.5. The van der Waals surface area contributed by atoms with Crippen molar-refractivity contribution in [1.82, 2.24) is 10.3 Å². The highest BCUT2D eigenvalue weighted by Gasteiger charge is 2.15. The zero-order valence-electron chi connectivity index (χ0n) is 15.6. The molecule has 1 aliphatic rings. The predicted octanol–water partition coefficient (Wildman–Crippen LogP) is 4.42. The van der Waals surface area contributed by atoms with Gasteiger partial charge in [0.2, 0.25) is 0 Å². The van der Waals surface area contributed by atoms with E-state index in [0.29, 0.717) is 0 Å². The molecule has 0 saturated heterocycles. The largest absolute Gasteiger partial charge is 0.455 e. The van der Waals surface area contributed by atoms with Crippen molar-refractivity contribution in [2.75, 3.05) is 7.05 Å². The molecular formula is C20H26N2O3. The van der Waals surface area contributed by atoms with Crippen LogP contribution >= 0.6 is 0 Å². The number of aryl methyl sites for hydroxylation is 3. The number of ether oxygens (including phenoxy) is 2. The number of rotatable bonds is 0. The van der Waals surface area contributed by atoms with Gasteiger partial charge in [0, 0.05) is 12.7 Å². The maximum absolute atomic E-state index is 10.5.